The Bertz CT molecular complexity index is 718. The fraction of sp³-hybridized carbons (Fsp3) is 0.400. The maximum absolute atomic E-state index is 6.15. The minimum atomic E-state index is 0.781. The zero-order valence-corrected chi connectivity index (χ0v) is 17.6. The zero-order valence-electron chi connectivity index (χ0n) is 16.7. The zero-order chi connectivity index (χ0) is 19.3. The lowest BCUT2D eigenvalue weighted by molar-refractivity contribution is 0.303. The molecule has 0 aromatic heterocycles. The van der Waals surface area contributed by atoms with E-state index in [2.05, 4.69) is 38.1 Å². The standard InChI is InChI=1S/C25H32OS/c1-3-5-6-7-11-19-26-24-20-21(12-4-2)15-16-22(24)17-18-25(27)23-13-9-8-10-14-23/h8-10,13-18,20H,3-7,11-12,19H2,1-2H3. The molecule has 0 radical (unpaired) electrons. The van der Waals surface area contributed by atoms with Crippen LogP contribution in [0, 0.1) is 0 Å². The molecule has 0 aliphatic rings. The molecule has 2 heteroatoms. The van der Waals surface area contributed by atoms with E-state index in [1.54, 1.807) is 0 Å². The van der Waals surface area contributed by atoms with Crippen molar-refractivity contribution in [1.82, 2.24) is 0 Å². The van der Waals surface area contributed by atoms with Gasteiger partial charge in [-0.1, -0.05) is 101 Å². The molecule has 0 aliphatic carbocycles. The van der Waals surface area contributed by atoms with E-state index in [9.17, 15) is 0 Å². The smallest absolute Gasteiger partial charge is 0.126 e. The molecule has 0 aliphatic heterocycles. The summed E-state index contributed by atoms with van der Waals surface area (Å²) in [5.41, 5.74) is 3.51. The van der Waals surface area contributed by atoms with Crippen molar-refractivity contribution in [3.63, 3.8) is 0 Å². The highest BCUT2D eigenvalue weighted by molar-refractivity contribution is 7.81. The van der Waals surface area contributed by atoms with Crippen molar-refractivity contribution in [2.24, 2.45) is 0 Å². The lowest BCUT2D eigenvalue weighted by atomic mass is 10.0. The molecular formula is C25H32OS. The molecule has 0 atom stereocenters. The van der Waals surface area contributed by atoms with Crippen molar-refractivity contribution in [3.8, 4) is 5.75 Å². The number of aryl methyl sites for hydroxylation is 1. The second kappa shape index (κ2) is 12.5. The van der Waals surface area contributed by atoms with Crippen LogP contribution in [0.4, 0.5) is 0 Å². The van der Waals surface area contributed by atoms with Crippen LogP contribution < -0.4 is 4.74 Å². The molecule has 1 nitrogen and oxygen atoms in total. The van der Waals surface area contributed by atoms with Crippen LogP contribution in [0.5, 0.6) is 5.75 Å². The highest BCUT2D eigenvalue weighted by atomic mass is 32.1. The first-order valence-electron chi connectivity index (χ1n) is 10.3. The van der Waals surface area contributed by atoms with Crippen LogP contribution in [-0.4, -0.2) is 11.5 Å². The van der Waals surface area contributed by atoms with Crippen molar-refractivity contribution in [2.75, 3.05) is 6.61 Å². The summed E-state index contributed by atoms with van der Waals surface area (Å²) in [4.78, 5) is 0.846. The van der Waals surface area contributed by atoms with Gasteiger partial charge < -0.3 is 4.74 Å². The molecule has 0 fully saturated rings. The molecule has 27 heavy (non-hydrogen) atoms. The number of unbranched alkanes of at least 4 members (excludes halogenated alkanes) is 4. The van der Waals surface area contributed by atoms with E-state index >= 15 is 0 Å². The summed E-state index contributed by atoms with van der Waals surface area (Å²) < 4.78 is 6.15. The van der Waals surface area contributed by atoms with E-state index in [0.717, 1.165) is 47.6 Å². The summed E-state index contributed by atoms with van der Waals surface area (Å²) in [6.45, 7) is 5.23. The van der Waals surface area contributed by atoms with E-state index in [4.69, 9.17) is 17.0 Å². The molecule has 2 aromatic carbocycles. The fourth-order valence-corrected chi connectivity index (χ4v) is 3.24. The second-order valence-electron chi connectivity index (χ2n) is 6.95. The Labute approximate surface area is 170 Å². The SMILES string of the molecule is CCCCCCCOc1cc(CCC)ccc1C=CC(=S)c1ccccc1. The van der Waals surface area contributed by atoms with Gasteiger partial charge in [-0.2, -0.15) is 0 Å². The normalized spacial score (nSPS) is 11.0. The third-order valence-corrected chi connectivity index (χ3v) is 4.97. The van der Waals surface area contributed by atoms with E-state index in [-0.39, 0.29) is 0 Å². The van der Waals surface area contributed by atoms with Crippen LogP contribution in [0.15, 0.2) is 54.6 Å². The van der Waals surface area contributed by atoms with Gasteiger partial charge in [0.05, 0.1) is 6.61 Å². The van der Waals surface area contributed by atoms with Crippen LogP contribution in [0.1, 0.15) is 69.1 Å². The molecular weight excluding hydrogens is 348 g/mol. The third-order valence-electron chi connectivity index (χ3n) is 4.59. The van der Waals surface area contributed by atoms with Crippen molar-refractivity contribution < 1.29 is 4.74 Å². The highest BCUT2D eigenvalue weighted by Crippen LogP contribution is 2.24. The monoisotopic (exact) mass is 380 g/mol. The molecule has 144 valence electrons. The van der Waals surface area contributed by atoms with Gasteiger partial charge >= 0.3 is 0 Å². The quantitative estimate of drug-likeness (QED) is 0.164. The maximum atomic E-state index is 6.15. The predicted molar refractivity (Wildman–Crippen MR) is 122 cm³/mol. The van der Waals surface area contributed by atoms with Gasteiger partial charge in [0.25, 0.3) is 0 Å². The van der Waals surface area contributed by atoms with E-state index in [1.807, 2.05) is 36.4 Å². The van der Waals surface area contributed by atoms with Crippen LogP contribution in [-0.2, 0) is 6.42 Å². The second-order valence-corrected chi connectivity index (χ2v) is 7.39. The largest absolute Gasteiger partial charge is 0.493 e. The molecule has 0 N–H and O–H groups in total. The summed E-state index contributed by atoms with van der Waals surface area (Å²) in [6, 6.07) is 16.7. The topological polar surface area (TPSA) is 9.23 Å². The van der Waals surface area contributed by atoms with E-state index in [0.29, 0.717) is 0 Å². The minimum absolute atomic E-state index is 0.781. The van der Waals surface area contributed by atoms with Crippen molar-refractivity contribution in [3.05, 3.63) is 71.3 Å². The average molecular weight is 381 g/mol. The Balaban J connectivity index is 2.04. The van der Waals surface area contributed by atoms with Crippen LogP contribution in [0.3, 0.4) is 0 Å². The number of benzene rings is 2. The number of rotatable bonds is 12. The Kier molecular flexibility index (Phi) is 9.86. The summed E-state index contributed by atoms with van der Waals surface area (Å²) in [6.07, 6.45) is 12.6. The van der Waals surface area contributed by atoms with Gasteiger partial charge in [0.15, 0.2) is 0 Å². The lowest BCUT2D eigenvalue weighted by Gasteiger charge is -2.11. The van der Waals surface area contributed by atoms with Gasteiger partial charge in [-0.3, -0.25) is 0 Å². The van der Waals surface area contributed by atoms with Gasteiger partial charge in [0.2, 0.25) is 0 Å². The molecule has 0 saturated heterocycles. The Morgan fingerprint density at radius 2 is 1.70 bits per heavy atom. The minimum Gasteiger partial charge on any atom is -0.493 e. The molecule has 0 bridgehead atoms. The van der Waals surface area contributed by atoms with Crippen molar-refractivity contribution in [2.45, 2.75) is 58.8 Å². The first-order chi connectivity index (χ1) is 13.2. The number of hydrogen-bond donors (Lipinski definition) is 0. The summed E-state index contributed by atoms with van der Waals surface area (Å²) in [7, 11) is 0. The molecule has 0 saturated carbocycles. The van der Waals surface area contributed by atoms with Crippen molar-refractivity contribution in [1.29, 1.82) is 0 Å². The first-order valence-corrected chi connectivity index (χ1v) is 10.7. The van der Waals surface area contributed by atoms with Gasteiger partial charge in [-0.25, -0.2) is 0 Å². The van der Waals surface area contributed by atoms with Crippen LogP contribution in [0.2, 0.25) is 0 Å². The first kappa shape index (κ1) is 21.4. The Morgan fingerprint density at radius 1 is 0.926 bits per heavy atom. The Morgan fingerprint density at radius 3 is 2.44 bits per heavy atom. The van der Waals surface area contributed by atoms with Crippen LogP contribution in [0.25, 0.3) is 6.08 Å². The van der Waals surface area contributed by atoms with Gasteiger partial charge in [-0.05, 0) is 42.2 Å². The molecule has 2 aromatic rings. The number of ether oxygens (including phenoxy) is 1. The Hall–Kier alpha value is -1.93. The third kappa shape index (κ3) is 7.68. The predicted octanol–water partition coefficient (Wildman–Crippen LogP) is 7.42. The van der Waals surface area contributed by atoms with Gasteiger partial charge in [0, 0.05) is 10.4 Å². The highest BCUT2D eigenvalue weighted by Gasteiger charge is 2.04. The van der Waals surface area contributed by atoms with E-state index in [1.165, 1.54) is 31.2 Å². The summed E-state index contributed by atoms with van der Waals surface area (Å²) in [5, 5.41) is 0. The van der Waals surface area contributed by atoms with E-state index < -0.39 is 0 Å². The molecule has 2 rings (SSSR count). The molecule has 0 spiro atoms. The molecule has 0 amide bonds. The maximum Gasteiger partial charge on any atom is 0.126 e. The molecule has 0 unspecified atom stereocenters. The van der Waals surface area contributed by atoms with Gasteiger partial charge in [0.1, 0.15) is 5.75 Å². The lowest BCUT2D eigenvalue weighted by Crippen LogP contribution is -2.00. The summed E-state index contributed by atoms with van der Waals surface area (Å²) >= 11 is 5.55. The van der Waals surface area contributed by atoms with Crippen molar-refractivity contribution >= 4 is 23.2 Å². The summed E-state index contributed by atoms with van der Waals surface area (Å²) in [5.74, 6) is 0.976. The fourth-order valence-electron chi connectivity index (χ4n) is 3.04. The number of thiocarbonyl (C=S) groups is 1. The number of allylic oxidation sites excluding steroid dienone is 1. The average Bonchev–Trinajstić information content (AvgIpc) is 2.70. The van der Waals surface area contributed by atoms with Crippen LogP contribution >= 0.6 is 12.2 Å². The molecule has 0 heterocycles. The van der Waals surface area contributed by atoms with Gasteiger partial charge in [-0.15, -0.1) is 0 Å². The number of hydrogen-bond acceptors (Lipinski definition) is 2.